The summed E-state index contributed by atoms with van der Waals surface area (Å²) in [5.41, 5.74) is -4.84. The number of methoxy groups -OCH3 is 1. The van der Waals surface area contributed by atoms with Crippen molar-refractivity contribution < 1.29 is 63.5 Å². The average molecular weight is 734 g/mol. The zero-order valence-electron chi connectivity index (χ0n) is 32.9. The van der Waals surface area contributed by atoms with E-state index in [2.05, 4.69) is 0 Å². The summed E-state index contributed by atoms with van der Waals surface area (Å²) in [5.74, 6) is -4.98. The number of nitrogens with zero attached hydrogens (tertiary/aromatic N) is 1. The number of aliphatic hydroxyl groups excluding tert-OH is 3. The van der Waals surface area contributed by atoms with E-state index in [1.807, 2.05) is 25.9 Å². The first kappa shape index (κ1) is 44.1. The Balaban J connectivity index is 2.18. The number of ketones is 1. The fourth-order valence-corrected chi connectivity index (χ4v) is 8.41. The van der Waals surface area contributed by atoms with Crippen molar-refractivity contribution in [2.45, 2.75) is 179 Å². The molecule has 0 bridgehead atoms. The van der Waals surface area contributed by atoms with E-state index in [1.54, 1.807) is 41.5 Å². The SMILES string of the molecule is CC[C@H]1OC(=O)[C@H](C)[C@@H](O[C@H]2C[C@@](C)(OC)[C@@H](O)[C@H](C)O2)[C@H](C)[C@@H](O[C@@H]2O[C@@H](C)C[C@H](N(C)C)[C@H]2O)[C@](C)(O)C[C@@H](C)C(=O)[C@H](C)[C@@H](O)[C@]1(C)O. The molecule has 3 saturated heterocycles. The van der Waals surface area contributed by atoms with Gasteiger partial charge in [0.15, 0.2) is 12.6 Å². The maximum atomic E-state index is 14.1. The second-order valence-electron chi connectivity index (χ2n) is 16.5. The van der Waals surface area contributed by atoms with Gasteiger partial charge in [-0.1, -0.05) is 27.7 Å². The minimum absolute atomic E-state index is 0.0936. The first-order chi connectivity index (χ1) is 23.4. The average Bonchev–Trinajstić information content (AvgIpc) is 3.05. The maximum Gasteiger partial charge on any atom is 0.311 e. The molecule has 0 radical (unpaired) electrons. The highest BCUT2D eigenvalue weighted by Gasteiger charge is 2.53. The summed E-state index contributed by atoms with van der Waals surface area (Å²) in [7, 11) is 5.18. The van der Waals surface area contributed by atoms with E-state index in [0.29, 0.717) is 6.42 Å². The van der Waals surface area contributed by atoms with Crippen molar-refractivity contribution in [2.24, 2.45) is 23.7 Å². The van der Waals surface area contributed by atoms with E-state index in [0.717, 1.165) is 0 Å². The van der Waals surface area contributed by atoms with Crippen molar-refractivity contribution in [1.82, 2.24) is 4.90 Å². The van der Waals surface area contributed by atoms with E-state index in [9.17, 15) is 35.1 Å². The Morgan fingerprint density at radius 3 is 2.04 bits per heavy atom. The highest BCUT2D eigenvalue weighted by Crippen LogP contribution is 2.40. The Bertz CT molecular complexity index is 1170. The van der Waals surface area contributed by atoms with Gasteiger partial charge >= 0.3 is 5.97 Å². The van der Waals surface area contributed by atoms with Crippen LogP contribution in [0.3, 0.4) is 0 Å². The van der Waals surface area contributed by atoms with Gasteiger partial charge in [-0.3, -0.25) is 9.59 Å². The highest BCUT2D eigenvalue weighted by atomic mass is 16.7. The van der Waals surface area contributed by atoms with Gasteiger partial charge in [-0.25, -0.2) is 0 Å². The quantitative estimate of drug-likeness (QED) is 0.238. The predicted octanol–water partition coefficient (Wildman–Crippen LogP) is 1.79. The fourth-order valence-electron chi connectivity index (χ4n) is 8.41. The third kappa shape index (κ3) is 9.51. The van der Waals surface area contributed by atoms with Crippen LogP contribution in [0.2, 0.25) is 0 Å². The highest BCUT2D eigenvalue weighted by molar-refractivity contribution is 5.83. The van der Waals surface area contributed by atoms with Crippen LogP contribution < -0.4 is 0 Å². The lowest BCUT2D eigenvalue weighted by Crippen LogP contribution is -2.61. The molecule has 0 aromatic rings. The summed E-state index contributed by atoms with van der Waals surface area (Å²) < 4.78 is 37.1. The molecule has 3 aliphatic heterocycles. The summed E-state index contributed by atoms with van der Waals surface area (Å²) >= 11 is 0. The molecule has 298 valence electrons. The number of ether oxygens (including phenoxy) is 6. The van der Waals surface area contributed by atoms with Crippen LogP contribution in [0.5, 0.6) is 0 Å². The molecular formula is C37H67NO13. The Kier molecular flexibility index (Phi) is 14.7. The lowest BCUT2D eigenvalue weighted by Gasteiger charge is -2.49. The molecule has 0 saturated carbocycles. The number of rotatable bonds is 7. The zero-order valence-corrected chi connectivity index (χ0v) is 32.9. The van der Waals surface area contributed by atoms with Gasteiger partial charge in [0.1, 0.15) is 29.7 Å². The van der Waals surface area contributed by atoms with Gasteiger partial charge in [0.05, 0.1) is 47.6 Å². The van der Waals surface area contributed by atoms with Crippen molar-refractivity contribution >= 4 is 11.8 Å². The van der Waals surface area contributed by atoms with Gasteiger partial charge in [-0.15, -0.1) is 0 Å². The Morgan fingerprint density at radius 1 is 0.882 bits per heavy atom. The number of likely N-dealkylation sites (N-methyl/N-ethyl adjacent to an activating group) is 1. The van der Waals surface area contributed by atoms with Crippen LogP contribution >= 0.6 is 0 Å². The van der Waals surface area contributed by atoms with Gasteiger partial charge in [0.2, 0.25) is 0 Å². The first-order valence-corrected chi connectivity index (χ1v) is 18.5. The van der Waals surface area contributed by atoms with E-state index in [-0.39, 0.29) is 31.4 Å². The lowest BCUT2D eigenvalue weighted by molar-refractivity contribution is -0.318. The zero-order chi connectivity index (χ0) is 39.0. The van der Waals surface area contributed by atoms with Crippen LogP contribution in [0.4, 0.5) is 0 Å². The number of aliphatic hydroxyl groups is 5. The molecule has 3 fully saturated rings. The molecule has 0 spiro atoms. The van der Waals surface area contributed by atoms with Crippen molar-refractivity contribution in [3.05, 3.63) is 0 Å². The molecule has 0 unspecified atom stereocenters. The minimum atomic E-state index is -1.99. The molecule has 18 atom stereocenters. The van der Waals surface area contributed by atoms with Crippen LogP contribution in [0.1, 0.15) is 94.9 Å². The Morgan fingerprint density at radius 2 is 1.49 bits per heavy atom. The summed E-state index contributed by atoms with van der Waals surface area (Å²) in [4.78, 5) is 29.8. The summed E-state index contributed by atoms with van der Waals surface area (Å²) in [6.07, 6.45) is -9.71. The number of carbonyl (C=O) groups excluding carboxylic acids is 2. The van der Waals surface area contributed by atoms with E-state index in [1.165, 1.54) is 27.9 Å². The maximum absolute atomic E-state index is 14.1. The largest absolute Gasteiger partial charge is 0.459 e. The van der Waals surface area contributed by atoms with Gasteiger partial charge in [-0.05, 0) is 74.9 Å². The second kappa shape index (κ2) is 17.0. The molecule has 3 rings (SSSR count). The number of Topliss-reactive ketones (excluding diaryl/α,β-unsaturated/α-hetero) is 1. The molecule has 0 amide bonds. The van der Waals surface area contributed by atoms with Crippen LogP contribution in [0, 0.1) is 23.7 Å². The standard InChI is InChI=1S/C37H67NO13/c1-14-25-37(10,45)30(41)20(4)27(39)18(2)16-35(8,44)32(51-34-28(40)24(38(11)12)15-19(3)47-34)21(5)29(22(6)33(43)49-25)50-26-17-36(9,46-13)31(42)23(7)48-26/h18-26,28-32,34,40-42,44-45H,14-17H2,1-13H3/t18-,19+,20+,21+,22-,23+,24+,25-,26+,28-,29+,30-,31+,32-,34+,35-,36-,37-/m1/s1. The number of carbonyl (C=O) groups is 2. The molecule has 0 aromatic heterocycles. The van der Waals surface area contributed by atoms with Crippen LogP contribution in [-0.4, -0.2) is 148 Å². The molecule has 3 heterocycles. The van der Waals surface area contributed by atoms with Gasteiger partial charge in [0.25, 0.3) is 0 Å². The lowest BCUT2D eigenvalue weighted by atomic mass is 9.74. The number of esters is 1. The van der Waals surface area contributed by atoms with Crippen molar-refractivity contribution in [2.75, 3.05) is 21.2 Å². The fraction of sp³-hybridized carbons (Fsp3) is 0.946. The second-order valence-corrected chi connectivity index (χ2v) is 16.5. The topological polar surface area (TPSA) is 194 Å². The van der Waals surface area contributed by atoms with E-state index in [4.69, 9.17) is 28.4 Å². The Hall–Kier alpha value is -1.30. The Labute approximate surface area is 304 Å². The van der Waals surface area contributed by atoms with Crippen LogP contribution in [0.25, 0.3) is 0 Å². The molecule has 0 aliphatic carbocycles. The van der Waals surface area contributed by atoms with Crippen LogP contribution in [-0.2, 0) is 38.0 Å². The molecule has 0 aromatic carbocycles. The van der Waals surface area contributed by atoms with E-state index < -0.39 is 108 Å². The molecule has 14 heteroatoms. The summed E-state index contributed by atoms with van der Waals surface area (Å²) in [6, 6.07) is -0.324. The van der Waals surface area contributed by atoms with Gasteiger partial charge in [0, 0.05) is 37.3 Å². The summed E-state index contributed by atoms with van der Waals surface area (Å²) in [6.45, 7) is 16.3. The molecule has 51 heavy (non-hydrogen) atoms. The number of hydrogen-bond acceptors (Lipinski definition) is 14. The monoisotopic (exact) mass is 733 g/mol. The molecule has 5 N–H and O–H groups in total. The van der Waals surface area contributed by atoms with Crippen molar-refractivity contribution in [3.8, 4) is 0 Å². The molecule has 14 nitrogen and oxygen atoms in total. The summed E-state index contributed by atoms with van der Waals surface area (Å²) in [5, 5.41) is 57.6. The smallest absolute Gasteiger partial charge is 0.311 e. The third-order valence-electron chi connectivity index (χ3n) is 11.8. The van der Waals surface area contributed by atoms with Gasteiger partial charge in [-0.2, -0.15) is 0 Å². The number of hydrogen-bond donors (Lipinski definition) is 5. The van der Waals surface area contributed by atoms with Gasteiger partial charge < -0.3 is 58.9 Å². The van der Waals surface area contributed by atoms with Crippen LogP contribution in [0.15, 0.2) is 0 Å². The minimum Gasteiger partial charge on any atom is -0.459 e. The first-order valence-electron chi connectivity index (χ1n) is 18.5. The predicted molar refractivity (Wildman–Crippen MR) is 186 cm³/mol. The molecule has 3 aliphatic rings. The normalized spacial score (nSPS) is 49.7. The molecular weight excluding hydrogens is 666 g/mol. The van der Waals surface area contributed by atoms with Crippen molar-refractivity contribution in [1.29, 1.82) is 0 Å². The van der Waals surface area contributed by atoms with E-state index >= 15 is 0 Å². The van der Waals surface area contributed by atoms with Crippen molar-refractivity contribution in [3.63, 3.8) is 0 Å². The third-order valence-corrected chi connectivity index (χ3v) is 11.8. The number of cyclic esters (lactones) is 1.